The Morgan fingerprint density at radius 1 is 1.14 bits per heavy atom. The molecule has 0 unspecified atom stereocenters. The van der Waals surface area contributed by atoms with Gasteiger partial charge in [0.25, 0.3) is 11.6 Å². The number of nitrogens with zero attached hydrogens (tertiary/aromatic N) is 2. The van der Waals surface area contributed by atoms with Crippen molar-refractivity contribution in [1.82, 2.24) is 4.98 Å². The molecule has 0 aliphatic heterocycles. The Bertz CT molecular complexity index is 1080. The van der Waals surface area contributed by atoms with Gasteiger partial charge in [0.2, 0.25) is 0 Å². The average molecular weight is 379 g/mol. The molecule has 0 fully saturated rings. The van der Waals surface area contributed by atoms with Crippen LogP contribution in [0.15, 0.2) is 54.6 Å². The lowest BCUT2D eigenvalue weighted by Crippen LogP contribution is -2.30. The van der Waals surface area contributed by atoms with E-state index >= 15 is 0 Å². The molecule has 3 aromatic rings. The van der Waals surface area contributed by atoms with Crippen LogP contribution in [-0.2, 0) is 9.53 Å². The number of rotatable bonds is 5. The highest BCUT2D eigenvalue weighted by atomic mass is 16.6. The number of ether oxygens (including phenoxy) is 1. The molecule has 0 saturated heterocycles. The summed E-state index contributed by atoms with van der Waals surface area (Å²) in [5.74, 6) is -1.24. The molecular formula is C20H17N3O5. The largest absolute Gasteiger partial charge is 0.449 e. The fourth-order valence-corrected chi connectivity index (χ4v) is 2.70. The molecule has 1 aromatic heterocycles. The number of fused-ring (bicyclic) bond motifs is 1. The van der Waals surface area contributed by atoms with Crippen molar-refractivity contribution in [3.05, 3.63) is 76.0 Å². The zero-order valence-corrected chi connectivity index (χ0v) is 15.2. The number of anilines is 1. The highest BCUT2D eigenvalue weighted by Gasteiger charge is 2.21. The van der Waals surface area contributed by atoms with Crippen LogP contribution in [0.5, 0.6) is 0 Å². The van der Waals surface area contributed by atoms with Crippen LogP contribution in [0, 0.1) is 17.0 Å². The molecule has 1 amide bonds. The predicted octanol–water partition coefficient (Wildman–Crippen LogP) is 3.64. The minimum atomic E-state index is -1.10. The lowest BCUT2D eigenvalue weighted by atomic mass is 10.1. The number of hydrogen-bond acceptors (Lipinski definition) is 6. The van der Waals surface area contributed by atoms with Gasteiger partial charge < -0.3 is 10.1 Å². The molecule has 0 saturated carbocycles. The number of nitrogens with one attached hydrogen (secondary N) is 1. The maximum atomic E-state index is 12.6. The van der Waals surface area contributed by atoms with Crippen LogP contribution in [0.3, 0.4) is 0 Å². The Labute approximate surface area is 160 Å². The summed E-state index contributed by atoms with van der Waals surface area (Å²) < 4.78 is 5.30. The Morgan fingerprint density at radius 2 is 1.89 bits per heavy atom. The summed E-state index contributed by atoms with van der Waals surface area (Å²) in [5.41, 5.74) is 1.72. The van der Waals surface area contributed by atoms with E-state index in [2.05, 4.69) is 10.3 Å². The summed E-state index contributed by atoms with van der Waals surface area (Å²) in [7, 11) is 0. The molecule has 2 aromatic carbocycles. The Morgan fingerprint density at radius 3 is 2.64 bits per heavy atom. The maximum absolute atomic E-state index is 12.6. The lowest BCUT2D eigenvalue weighted by molar-refractivity contribution is -0.384. The monoisotopic (exact) mass is 379 g/mol. The van der Waals surface area contributed by atoms with E-state index < -0.39 is 22.9 Å². The molecule has 0 bridgehead atoms. The summed E-state index contributed by atoms with van der Waals surface area (Å²) in [6, 6.07) is 14.3. The van der Waals surface area contributed by atoms with Gasteiger partial charge in [-0.25, -0.2) is 4.79 Å². The van der Waals surface area contributed by atoms with Crippen LogP contribution >= 0.6 is 0 Å². The fourth-order valence-electron chi connectivity index (χ4n) is 2.70. The minimum absolute atomic E-state index is 0.152. The standard InChI is InChI=1S/C20H17N3O5/c1-12-10-17(16-8-3-4-9-18(16)21-12)20(25)28-13(2)19(24)22-14-6-5-7-15(11-14)23(26)27/h3-11,13H,1-2H3,(H,22,24)/t13-/m0/s1. The molecule has 142 valence electrons. The van der Waals surface area contributed by atoms with E-state index in [1.807, 2.05) is 6.07 Å². The molecule has 0 aliphatic rings. The van der Waals surface area contributed by atoms with Crippen LogP contribution in [0.4, 0.5) is 11.4 Å². The normalized spacial score (nSPS) is 11.6. The van der Waals surface area contributed by atoms with Gasteiger partial charge in [0.05, 0.1) is 16.0 Å². The number of benzene rings is 2. The highest BCUT2D eigenvalue weighted by Crippen LogP contribution is 2.20. The summed E-state index contributed by atoms with van der Waals surface area (Å²) in [6.45, 7) is 3.20. The van der Waals surface area contributed by atoms with Crippen molar-refractivity contribution in [3.8, 4) is 0 Å². The van der Waals surface area contributed by atoms with Gasteiger partial charge in [-0.1, -0.05) is 24.3 Å². The topological polar surface area (TPSA) is 111 Å². The number of carbonyl (C=O) groups excluding carboxylic acids is 2. The van der Waals surface area contributed by atoms with E-state index in [0.29, 0.717) is 22.2 Å². The van der Waals surface area contributed by atoms with Crippen molar-refractivity contribution in [2.24, 2.45) is 0 Å². The number of non-ortho nitro benzene ring substituents is 1. The molecule has 8 nitrogen and oxygen atoms in total. The molecule has 0 spiro atoms. The zero-order chi connectivity index (χ0) is 20.3. The van der Waals surface area contributed by atoms with Gasteiger partial charge >= 0.3 is 5.97 Å². The number of para-hydroxylation sites is 1. The van der Waals surface area contributed by atoms with Crippen LogP contribution in [0.2, 0.25) is 0 Å². The Kier molecular flexibility index (Phi) is 5.30. The SMILES string of the molecule is Cc1cc(C(=O)O[C@@H](C)C(=O)Nc2cccc([N+](=O)[O-])c2)c2ccccc2n1. The van der Waals surface area contributed by atoms with Crippen LogP contribution in [0.1, 0.15) is 23.0 Å². The molecule has 28 heavy (non-hydrogen) atoms. The summed E-state index contributed by atoms with van der Waals surface area (Å²) in [5, 5.41) is 14.0. The van der Waals surface area contributed by atoms with Gasteiger partial charge in [0.15, 0.2) is 6.10 Å². The molecule has 3 rings (SSSR count). The maximum Gasteiger partial charge on any atom is 0.339 e. The zero-order valence-electron chi connectivity index (χ0n) is 15.2. The number of nitro groups is 1. The number of carbonyl (C=O) groups is 2. The number of amides is 1. The van der Waals surface area contributed by atoms with Crippen LogP contribution < -0.4 is 5.32 Å². The second-order valence-corrected chi connectivity index (χ2v) is 6.17. The number of aromatic nitrogens is 1. The predicted molar refractivity (Wildman–Crippen MR) is 103 cm³/mol. The molecule has 1 heterocycles. The van der Waals surface area contributed by atoms with E-state index in [-0.39, 0.29) is 11.4 Å². The van der Waals surface area contributed by atoms with Gasteiger partial charge in [-0.15, -0.1) is 0 Å². The number of aryl methyl sites for hydroxylation is 1. The number of nitro benzene ring substituents is 1. The summed E-state index contributed by atoms with van der Waals surface area (Å²) >= 11 is 0. The van der Waals surface area contributed by atoms with Crippen LogP contribution in [-0.4, -0.2) is 27.9 Å². The molecular weight excluding hydrogens is 362 g/mol. The van der Waals surface area contributed by atoms with Crippen molar-refractivity contribution < 1.29 is 19.2 Å². The third-order valence-electron chi connectivity index (χ3n) is 4.04. The van der Waals surface area contributed by atoms with Crippen molar-refractivity contribution in [2.45, 2.75) is 20.0 Å². The number of hydrogen-bond donors (Lipinski definition) is 1. The lowest BCUT2D eigenvalue weighted by Gasteiger charge is -2.14. The first-order valence-electron chi connectivity index (χ1n) is 8.48. The molecule has 1 atom stereocenters. The van der Waals surface area contributed by atoms with E-state index in [1.165, 1.54) is 31.2 Å². The van der Waals surface area contributed by atoms with E-state index in [4.69, 9.17) is 4.74 Å². The van der Waals surface area contributed by atoms with Crippen LogP contribution in [0.25, 0.3) is 10.9 Å². The summed E-state index contributed by atoms with van der Waals surface area (Å²) in [4.78, 5) is 39.6. The van der Waals surface area contributed by atoms with E-state index in [9.17, 15) is 19.7 Å². The average Bonchev–Trinajstić information content (AvgIpc) is 2.67. The van der Waals surface area contributed by atoms with Crippen molar-refractivity contribution in [1.29, 1.82) is 0 Å². The van der Waals surface area contributed by atoms with Gasteiger partial charge in [-0.05, 0) is 32.0 Å². The fraction of sp³-hybridized carbons (Fsp3) is 0.150. The first kappa shape index (κ1) is 19.0. The van der Waals surface area contributed by atoms with Crippen molar-refractivity contribution in [3.63, 3.8) is 0 Å². The van der Waals surface area contributed by atoms with E-state index in [1.54, 1.807) is 31.2 Å². The second-order valence-electron chi connectivity index (χ2n) is 6.17. The van der Waals surface area contributed by atoms with Gasteiger partial charge in [-0.2, -0.15) is 0 Å². The molecule has 1 N–H and O–H groups in total. The minimum Gasteiger partial charge on any atom is -0.449 e. The van der Waals surface area contributed by atoms with Crippen molar-refractivity contribution in [2.75, 3.05) is 5.32 Å². The third kappa shape index (κ3) is 4.12. The van der Waals surface area contributed by atoms with Gasteiger partial charge in [-0.3, -0.25) is 19.9 Å². The summed E-state index contributed by atoms with van der Waals surface area (Å²) in [6.07, 6.45) is -1.10. The number of pyridine rings is 1. The Balaban J connectivity index is 1.75. The highest BCUT2D eigenvalue weighted by molar-refractivity contribution is 6.05. The molecule has 8 heteroatoms. The number of esters is 1. The second kappa shape index (κ2) is 7.83. The van der Waals surface area contributed by atoms with Gasteiger partial charge in [0, 0.05) is 28.9 Å². The third-order valence-corrected chi connectivity index (χ3v) is 4.04. The first-order valence-corrected chi connectivity index (χ1v) is 8.48. The first-order chi connectivity index (χ1) is 13.3. The molecule has 0 radical (unpaired) electrons. The smallest absolute Gasteiger partial charge is 0.339 e. The quantitative estimate of drug-likeness (QED) is 0.412. The van der Waals surface area contributed by atoms with E-state index in [0.717, 1.165) is 0 Å². The van der Waals surface area contributed by atoms with Gasteiger partial charge in [0.1, 0.15) is 0 Å². The molecule has 0 aliphatic carbocycles. The van der Waals surface area contributed by atoms with Crippen molar-refractivity contribution >= 4 is 34.2 Å². The Hall–Kier alpha value is -3.81.